The van der Waals surface area contributed by atoms with Crippen molar-refractivity contribution in [3.8, 4) is 0 Å². The van der Waals surface area contributed by atoms with Crippen molar-refractivity contribution in [3.63, 3.8) is 0 Å². The number of rotatable bonds is 6. The first-order chi connectivity index (χ1) is 10.8. The van der Waals surface area contributed by atoms with Crippen LogP contribution in [0.4, 0.5) is 0 Å². The molecule has 2 nitrogen and oxygen atoms in total. The zero-order chi connectivity index (χ0) is 15.4. The standard InChI is InChI=1S/C10H15P.C7H5NOS.Au/c1-3-11(4-2)10-8-6-5-7-9-10;10-7-8-5-3-1-2-4-6(5)9-7;/h5-9H,3-4H2,1-2H3;1-4H,(H,8,10);. The quantitative estimate of drug-likeness (QED) is 0.344. The molecule has 1 heterocycles. The van der Waals surface area contributed by atoms with Gasteiger partial charge in [-0.15, -0.1) is 0 Å². The van der Waals surface area contributed by atoms with Gasteiger partial charge in [0.05, 0.1) is 0 Å². The topological polar surface area (TPSA) is 26.0 Å². The van der Waals surface area contributed by atoms with E-state index in [4.69, 9.17) is 4.42 Å². The van der Waals surface area contributed by atoms with Crippen molar-refractivity contribution in [2.24, 2.45) is 0 Å². The van der Waals surface area contributed by atoms with Gasteiger partial charge < -0.3 is 0 Å². The van der Waals surface area contributed by atoms with Crippen LogP contribution in [0.2, 0.25) is 0 Å². The number of para-hydroxylation sites is 2. The van der Waals surface area contributed by atoms with E-state index in [1.165, 1.54) is 12.3 Å². The molecule has 0 unspecified atom stereocenters. The van der Waals surface area contributed by atoms with Gasteiger partial charge in [-0.25, -0.2) is 0 Å². The summed E-state index contributed by atoms with van der Waals surface area (Å²) in [5, 5.41) is 1.04. The van der Waals surface area contributed by atoms with Crippen molar-refractivity contribution in [2.75, 3.05) is 12.3 Å². The summed E-state index contributed by atoms with van der Waals surface area (Å²) in [5.41, 5.74) is 1.86. The summed E-state index contributed by atoms with van der Waals surface area (Å²) in [6.07, 6.45) is 2.59. The van der Waals surface area contributed by atoms with Crippen LogP contribution >= 0.6 is 14.4 Å². The van der Waals surface area contributed by atoms with Crippen molar-refractivity contribution in [3.05, 3.63) is 54.6 Å². The number of benzene rings is 2. The van der Waals surface area contributed by atoms with E-state index in [1.54, 1.807) is 5.30 Å². The fraction of sp³-hybridized carbons (Fsp3) is 0.235. The van der Waals surface area contributed by atoms with Gasteiger partial charge in [-0.2, -0.15) is 0 Å². The summed E-state index contributed by atoms with van der Waals surface area (Å²) in [7, 11) is 1.88. The number of hydrogen-bond donors (Lipinski definition) is 0. The molecule has 0 bridgehead atoms. The van der Waals surface area contributed by atoms with E-state index >= 15 is 0 Å². The fourth-order valence-corrected chi connectivity index (χ4v) is 21.5. The van der Waals surface area contributed by atoms with Crippen molar-refractivity contribution in [2.45, 2.75) is 19.1 Å². The molecule has 0 amide bonds. The van der Waals surface area contributed by atoms with Gasteiger partial charge in [-0.1, -0.05) is 0 Å². The van der Waals surface area contributed by atoms with E-state index in [1.807, 2.05) is 33.5 Å². The summed E-state index contributed by atoms with van der Waals surface area (Å²) < 4.78 is 5.89. The summed E-state index contributed by atoms with van der Waals surface area (Å²) in [6.45, 7) is 4.71. The van der Waals surface area contributed by atoms with Crippen molar-refractivity contribution >= 4 is 30.8 Å². The van der Waals surface area contributed by atoms with Crippen LogP contribution in [-0.2, 0) is 17.9 Å². The average Bonchev–Trinajstić information content (AvgIpc) is 3.00. The molecule has 1 aromatic heterocycles. The van der Waals surface area contributed by atoms with Crippen LogP contribution in [0.3, 0.4) is 0 Å². The van der Waals surface area contributed by atoms with Crippen LogP contribution < -0.4 is 5.30 Å². The third-order valence-corrected chi connectivity index (χ3v) is 26.0. The van der Waals surface area contributed by atoms with E-state index in [9.17, 15) is 0 Å². The molecule has 3 aromatic rings. The minimum atomic E-state index is -1.39. The third kappa shape index (κ3) is 3.34. The van der Waals surface area contributed by atoms with Crippen LogP contribution in [0.25, 0.3) is 11.1 Å². The van der Waals surface area contributed by atoms with Crippen LogP contribution in [0, 0.1) is 0 Å². The van der Waals surface area contributed by atoms with Crippen LogP contribution in [0.5, 0.6) is 0 Å². The van der Waals surface area contributed by atoms with Crippen molar-refractivity contribution in [1.82, 2.24) is 4.98 Å². The Labute approximate surface area is 143 Å². The molecule has 3 rings (SSSR count). The first-order valence-electron chi connectivity index (χ1n) is 7.44. The Bertz CT molecular complexity index is 710. The maximum atomic E-state index is 5.89. The molecule has 5 heteroatoms. The van der Waals surface area contributed by atoms with Gasteiger partial charge >= 0.3 is 144 Å². The summed E-state index contributed by atoms with van der Waals surface area (Å²) in [5.74, 6) is 0. The van der Waals surface area contributed by atoms with E-state index in [-0.39, 0.29) is 17.9 Å². The number of nitrogens with zero attached hydrogens (tertiary/aromatic N) is 1. The molecule has 2 aromatic carbocycles. The predicted molar refractivity (Wildman–Crippen MR) is 95.3 cm³/mol. The summed E-state index contributed by atoms with van der Waals surface area (Å²) in [6, 6.07) is 19.1. The Morgan fingerprint density at radius 1 is 1.00 bits per heavy atom. The Morgan fingerprint density at radius 2 is 1.68 bits per heavy atom. The third-order valence-electron chi connectivity index (χ3n) is 3.81. The van der Waals surface area contributed by atoms with Crippen molar-refractivity contribution in [1.29, 1.82) is 0 Å². The van der Waals surface area contributed by atoms with E-state index in [0.29, 0.717) is 0 Å². The zero-order valence-electron chi connectivity index (χ0n) is 12.7. The molecular weight excluding hydrogens is 494 g/mol. The number of oxazole rings is 1. The van der Waals surface area contributed by atoms with Gasteiger partial charge in [0.15, 0.2) is 0 Å². The van der Waals surface area contributed by atoms with E-state index in [2.05, 4.69) is 49.2 Å². The Hall–Kier alpha value is -0.570. The molecule has 0 N–H and O–H groups in total. The first-order valence-corrected chi connectivity index (χ1v) is 16.2. The molecule has 0 radical (unpaired) electrons. The SMILES string of the molecule is CC[PH](CC)([Au][S]c1nc2ccccc2o1)c1ccccc1. The zero-order valence-corrected chi connectivity index (χ0v) is 16.7. The second-order valence-corrected chi connectivity index (χ2v) is 21.3. The number of aromatic nitrogens is 1. The van der Waals surface area contributed by atoms with Gasteiger partial charge in [0.25, 0.3) is 0 Å². The maximum absolute atomic E-state index is 5.89. The predicted octanol–water partition coefficient (Wildman–Crippen LogP) is 4.95. The van der Waals surface area contributed by atoms with Gasteiger partial charge in [0.2, 0.25) is 0 Å². The van der Waals surface area contributed by atoms with E-state index < -0.39 is 5.15 Å². The molecule has 0 spiro atoms. The van der Waals surface area contributed by atoms with E-state index in [0.717, 1.165) is 16.3 Å². The molecule has 0 saturated carbocycles. The molecule has 0 saturated heterocycles. The minimum absolute atomic E-state index is 0.109. The Balaban J connectivity index is 1.82. The molecule has 0 aliphatic heterocycles. The normalized spacial score (nSPS) is 12.8. The van der Waals surface area contributed by atoms with Crippen molar-refractivity contribution < 1.29 is 22.3 Å². The first kappa shape index (κ1) is 16.3. The summed E-state index contributed by atoms with van der Waals surface area (Å²) >= 11 is 0.109. The fourth-order valence-electron chi connectivity index (χ4n) is 2.47. The van der Waals surface area contributed by atoms with Gasteiger partial charge in [-0.3, -0.25) is 0 Å². The molecule has 22 heavy (non-hydrogen) atoms. The molecule has 0 aliphatic carbocycles. The molecule has 0 atom stereocenters. The monoisotopic (exact) mass is 514 g/mol. The van der Waals surface area contributed by atoms with Crippen LogP contribution in [0.15, 0.2) is 64.2 Å². The molecule has 0 fully saturated rings. The van der Waals surface area contributed by atoms with Gasteiger partial charge in [-0.05, 0) is 0 Å². The van der Waals surface area contributed by atoms with Gasteiger partial charge in [0.1, 0.15) is 0 Å². The van der Waals surface area contributed by atoms with Gasteiger partial charge in [0, 0.05) is 0 Å². The number of fused-ring (bicyclic) bond motifs is 1. The molecular formula is C17H20AuNOPS. The Morgan fingerprint density at radius 3 is 2.36 bits per heavy atom. The summed E-state index contributed by atoms with van der Waals surface area (Å²) in [4.78, 5) is 4.62. The average molecular weight is 514 g/mol. The second-order valence-electron chi connectivity index (χ2n) is 5.04. The van der Waals surface area contributed by atoms with Crippen LogP contribution in [0.1, 0.15) is 13.8 Å². The molecule has 121 valence electrons. The second kappa shape index (κ2) is 7.33. The number of hydrogen-bond acceptors (Lipinski definition) is 3. The molecule has 0 aliphatic rings. The van der Waals surface area contributed by atoms with Crippen LogP contribution in [-0.4, -0.2) is 17.3 Å². The Kier molecular flexibility index (Phi) is 5.43.